The van der Waals surface area contributed by atoms with E-state index < -0.39 is 31.4 Å². The van der Waals surface area contributed by atoms with Crippen molar-refractivity contribution >= 4 is 25.8 Å². The quantitative estimate of drug-likeness (QED) is 0.0675. The Hall–Kier alpha value is -5.16. The first-order chi connectivity index (χ1) is 27.9. The lowest BCUT2D eigenvalue weighted by Crippen LogP contribution is -2.40. The highest BCUT2D eigenvalue weighted by Crippen LogP contribution is 2.49. The fraction of sp³-hybridized carbons (Fsp3) is 0.523. The molecule has 59 heavy (non-hydrogen) atoms. The van der Waals surface area contributed by atoms with Gasteiger partial charge >= 0.3 is 25.8 Å². The molecule has 0 spiro atoms. The zero-order chi connectivity index (χ0) is 46.5. The molecule has 1 saturated heterocycles. The van der Waals surface area contributed by atoms with Gasteiger partial charge in [-0.3, -0.25) is 4.52 Å². The third-order valence-corrected chi connectivity index (χ3v) is 8.18. The predicted octanol–water partition coefficient (Wildman–Crippen LogP) is 8.51. The molecule has 15 heteroatoms. The van der Waals surface area contributed by atoms with Crippen LogP contribution < -0.4 is 14.6 Å². The number of para-hydroxylation sites is 1. The second-order valence-corrected chi connectivity index (χ2v) is 15.3. The van der Waals surface area contributed by atoms with Gasteiger partial charge in [0.15, 0.2) is 6.10 Å². The van der Waals surface area contributed by atoms with E-state index in [2.05, 4.69) is 50.8 Å². The Bertz CT molecular complexity index is 1450. The van der Waals surface area contributed by atoms with Crippen LogP contribution in [-0.2, 0) is 28.1 Å². The van der Waals surface area contributed by atoms with Crippen LogP contribution in [0.25, 0.3) is 0 Å². The minimum Gasteiger partial charge on any atom is -0.480 e. The van der Waals surface area contributed by atoms with Crippen molar-refractivity contribution in [1.82, 2.24) is 10.2 Å². The van der Waals surface area contributed by atoms with Crippen molar-refractivity contribution in [2.75, 3.05) is 52.9 Å². The van der Waals surface area contributed by atoms with Gasteiger partial charge in [0.05, 0.1) is 6.61 Å². The van der Waals surface area contributed by atoms with Gasteiger partial charge in [0, 0.05) is 40.0 Å². The highest BCUT2D eigenvalue weighted by molar-refractivity contribution is 7.54. The van der Waals surface area contributed by atoms with Gasteiger partial charge in [-0.25, -0.2) is 18.9 Å². The summed E-state index contributed by atoms with van der Waals surface area (Å²) in [5, 5.41) is 17.7. The number of ether oxygens (including phenoxy) is 4. The first kappa shape index (κ1) is 60.5. The van der Waals surface area contributed by atoms with E-state index in [1.807, 2.05) is 59.7 Å². The van der Waals surface area contributed by atoms with Crippen molar-refractivity contribution < 1.29 is 57.2 Å². The number of terminal acetylenes is 3. The molecule has 14 nitrogen and oxygen atoms in total. The summed E-state index contributed by atoms with van der Waals surface area (Å²) in [6.45, 7) is 20.4. The summed E-state index contributed by atoms with van der Waals surface area (Å²) in [6.07, 6.45) is 23.0. The number of hydrogen-bond acceptors (Lipinski definition) is 11. The summed E-state index contributed by atoms with van der Waals surface area (Å²) in [5.41, 5.74) is 0.555. The van der Waals surface area contributed by atoms with E-state index in [4.69, 9.17) is 38.2 Å². The standard InChI is InChI=1S/C19H23O6P.C13H26N2O4.C5H10O.3C2H2.CH4O/c1-4-22-19(20)16(3)24-26(21,25-18-8-6-5-7-9-18)14-23-17-12-10-15(2)11-13-17;1-10(2)9-15(8-6-7-14-11(16)17)12(18)19-13(3,4)5;1-5-2-3-6-4-5;4*1-2/h5-13,16H,4,14H2,1-3H3;10,14H,6-9H2,1-5H3,(H,16,17);5H,2-4H2,1H3;3*1-2H;2H,1H3/t16-,26?;;;;;;/m0....../s1. The number of carbonyl (C=O) groups excluding carboxylic acids is 2. The van der Waals surface area contributed by atoms with Gasteiger partial charge in [-0.1, -0.05) is 56.7 Å². The number of nitrogens with zero attached hydrogens (tertiary/aromatic N) is 1. The Morgan fingerprint density at radius 2 is 1.51 bits per heavy atom. The molecule has 3 N–H and O–H groups in total. The number of amides is 2. The van der Waals surface area contributed by atoms with Gasteiger partial charge in [0.1, 0.15) is 17.1 Å². The Kier molecular flexibility index (Phi) is 38.1. The lowest BCUT2D eigenvalue weighted by Gasteiger charge is -2.28. The molecule has 1 aliphatic rings. The van der Waals surface area contributed by atoms with E-state index in [9.17, 15) is 18.9 Å². The van der Waals surface area contributed by atoms with Crippen LogP contribution in [0.2, 0.25) is 0 Å². The average molecular weight is 849 g/mol. The normalized spacial score (nSPS) is 13.6. The molecule has 332 valence electrons. The largest absolute Gasteiger partial charge is 0.480 e. The van der Waals surface area contributed by atoms with Crippen LogP contribution in [0.15, 0.2) is 54.6 Å². The summed E-state index contributed by atoms with van der Waals surface area (Å²) < 4.78 is 45.0. The molecule has 2 aromatic rings. The van der Waals surface area contributed by atoms with Gasteiger partial charge < -0.3 is 43.9 Å². The lowest BCUT2D eigenvalue weighted by molar-refractivity contribution is -0.150. The van der Waals surface area contributed by atoms with Crippen LogP contribution >= 0.6 is 7.60 Å². The molecule has 0 aliphatic carbocycles. The molecule has 0 aromatic heterocycles. The zero-order valence-corrected chi connectivity index (χ0v) is 37.5. The van der Waals surface area contributed by atoms with E-state index in [-0.39, 0.29) is 19.0 Å². The number of aliphatic hydroxyl groups is 1. The van der Waals surface area contributed by atoms with Gasteiger partial charge in [0.2, 0.25) is 6.35 Å². The second kappa shape index (κ2) is 37.1. The first-order valence-electron chi connectivity index (χ1n) is 18.8. The zero-order valence-electron chi connectivity index (χ0n) is 36.6. The first-order valence-corrected chi connectivity index (χ1v) is 20.5. The second-order valence-electron chi connectivity index (χ2n) is 13.5. The molecule has 3 atom stereocenters. The summed E-state index contributed by atoms with van der Waals surface area (Å²) in [4.78, 5) is 35.8. The van der Waals surface area contributed by atoms with Crippen LogP contribution in [0, 0.1) is 57.3 Å². The Balaban J connectivity index is -0.000000399. The molecule has 3 rings (SSSR count). The van der Waals surface area contributed by atoms with Crippen molar-refractivity contribution in [1.29, 1.82) is 0 Å². The van der Waals surface area contributed by atoms with Gasteiger partial charge in [-0.15, -0.1) is 38.5 Å². The van der Waals surface area contributed by atoms with Crippen molar-refractivity contribution in [2.45, 2.75) is 86.9 Å². The molecular formula is C44H69N2O12P. The summed E-state index contributed by atoms with van der Waals surface area (Å²) >= 11 is 0. The highest BCUT2D eigenvalue weighted by atomic mass is 31.2. The smallest absolute Gasteiger partial charge is 0.417 e. The maximum atomic E-state index is 13.2. The third kappa shape index (κ3) is 34.6. The molecule has 0 bridgehead atoms. The number of esters is 1. The average Bonchev–Trinajstić information content (AvgIpc) is 3.69. The maximum absolute atomic E-state index is 13.2. The Morgan fingerprint density at radius 3 is 1.93 bits per heavy atom. The summed E-state index contributed by atoms with van der Waals surface area (Å²) in [6, 6.07) is 15.9. The van der Waals surface area contributed by atoms with Crippen LogP contribution in [0.4, 0.5) is 9.59 Å². The molecule has 2 aromatic carbocycles. The highest BCUT2D eigenvalue weighted by Gasteiger charge is 2.33. The number of rotatable bonds is 15. The van der Waals surface area contributed by atoms with E-state index in [0.717, 1.165) is 31.8 Å². The van der Waals surface area contributed by atoms with E-state index >= 15 is 0 Å². The lowest BCUT2D eigenvalue weighted by atomic mass is 10.2. The van der Waals surface area contributed by atoms with E-state index in [1.54, 1.807) is 48.2 Å². The number of aliphatic hydroxyl groups excluding tert-OH is 1. The third-order valence-electron chi connectivity index (χ3n) is 6.61. The Morgan fingerprint density at radius 1 is 0.949 bits per heavy atom. The monoisotopic (exact) mass is 848 g/mol. The molecule has 2 amide bonds. The van der Waals surface area contributed by atoms with Crippen molar-refractivity contribution in [3.63, 3.8) is 0 Å². The predicted molar refractivity (Wildman–Crippen MR) is 234 cm³/mol. The number of carboxylic acid groups (broad SMARTS) is 1. The van der Waals surface area contributed by atoms with E-state index in [1.165, 1.54) is 13.3 Å². The van der Waals surface area contributed by atoms with Crippen LogP contribution in [0.1, 0.15) is 73.8 Å². The Labute approximate surface area is 354 Å². The van der Waals surface area contributed by atoms with E-state index in [0.29, 0.717) is 43.5 Å². The molecule has 2 unspecified atom stereocenters. The van der Waals surface area contributed by atoms with Crippen LogP contribution in [0.3, 0.4) is 0 Å². The number of carbonyl (C=O) groups is 3. The van der Waals surface area contributed by atoms with Gasteiger partial charge in [-0.05, 0) is 90.5 Å². The molecule has 0 saturated carbocycles. The number of hydrogen-bond donors (Lipinski definition) is 3. The SMILES string of the molecule is C#C.C#C.C#C.CC(C)CN(CCCNC(=O)O)C(=O)OC(C)(C)C.CC1CCOC1.CCOC(=O)[C@H](C)OP(=O)(COc1ccc(C)cc1)Oc1ccccc1.CO. The fourth-order valence-corrected chi connectivity index (χ4v) is 5.67. The van der Waals surface area contributed by atoms with Crippen molar-refractivity contribution in [3.8, 4) is 50.0 Å². The molecule has 0 radical (unpaired) electrons. The van der Waals surface area contributed by atoms with Gasteiger partial charge in [-0.2, -0.15) is 0 Å². The number of aryl methyl sites for hydroxylation is 1. The number of benzene rings is 2. The topological polar surface area (TPSA) is 179 Å². The molecular weight excluding hydrogens is 779 g/mol. The van der Waals surface area contributed by atoms with Crippen LogP contribution in [-0.4, -0.2) is 97.9 Å². The number of nitrogens with one attached hydrogen (secondary N) is 1. The maximum Gasteiger partial charge on any atom is 0.417 e. The minimum absolute atomic E-state index is 0.205. The summed E-state index contributed by atoms with van der Waals surface area (Å²) in [5.74, 6) is 1.43. The van der Waals surface area contributed by atoms with Crippen LogP contribution in [0.5, 0.6) is 11.5 Å². The minimum atomic E-state index is -3.78. The molecule has 1 aliphatic heterocycles. The van der Waals surface area contributed by atoms with Crippen molar-refractivity contribution in [3.05, 3.63) is 60.2 Å². The molecule has 1 fully saturated rings. The summed E-state index contributed by atoms with van der Waals surface area (Å²) in [7, 11) is -2.78. The van der Waals surface area contributed by atoms with Gasteiger partial charge in [0.25, 0.3) is 0 Å². The molecule has 1 heterocycles. The van der Waals surface area contributed by atoms with Crippen molar-refractivity contribution in [2.24, 2.45) is 11.8 Å². The fourth-order valence-electron chi connectivity index (χ4n) is 4.19.